The molecule has 0 aromatic heterocycles. The Balaban J connectivity index is 2.64. The zero-order chi connectivity index (χ0) is 5.98. The third-order valence-electron chi connectivity index (χ3n) is 1.07. The lowest BCUT2D eigenvalue weighted by molar-refractivity contribution is -0.113. The van der Waals surface area contributed by atoms with Crippen molar-refractivity contribution in [2.24, 2.45) is 0 Å². The molecule has 0 saturated heterocycles. The lowest BCUT2D eigenvalue weighted by Gasteiger charge is -1.87. The van der Waals surface area contributed by atoms with Gasteiger partial charge in [-0.3, -0.25) is 4.79 Å². The van der Waals surface area contributed by atoms with Gasteiger partial charge in [0, 0.05) is 0 Å². The second kappa shape index (κ2) is 1.99. The number of hydrogen-bond donors (Lipinski definition) is 0. The Morgan fingerprint density at radius 2 is 2.50 bits per heavy atom. The van der Waals surface area contributed by atoms with Crippen LogP contribution in [0.5, 0.6) is 0 Å². The topological polar surface area (TPSA) is 17.1 Å². The van der Waals surface area contributed by atoms with Crippen LogP contribution in [0.25, 0.3) is 0 Å². The van der Waals surface area contributed by atoms with E-state index in [-0.39, 0.29) is 5.78 Å². The molecule has 0 atom stereocenters. The Kier molecular flexibility index (Phi) is 1.33. The summed E-state index contributed by atoms with van der Waals surface area (Å²) in [4.78, 5) is 10.5. The summed E-state index contributed by atoms with van der Waals surface area (Å²) in [6.07, 6.45) is 3.67. The van der Waals surface area contributed by atoms with Crippen molar-refractivity contribution in [1.29, 1.82) is 0 Å². The van der Waals surface area contributed by atoms with Gasteiger partial charge in [-0.1, -0.05) is 12.2 Å². The predicted octanol–water partition coefficient (Wildman–Crippen LogP) is 0.691. The first kappa shape index (κ1) is 5.35. The van der Waals surface area contributed by atoms with Gasteiger partial charge in [-0.15, -0.1) is 5.98 Å². The molecule has 0 amide bonds. The first-order valence-corrected chi connectivity index (χ1v) is 2.53. The molecule has 0 aliphatic carbocycles. The minimum atomic E-state index is 0.134. The van der Waals surface area contributed by atoms with E-state index in [1.807, 2.05) is 25.4 Å². The monoisotopic (exact) mass is 105 g/mol. The zero-order valence-electron chi connectivity index (χ0n) is 4.72. The van der Waals surface area contributed by atoms with E-state index in [4.69, 9.17) is 0 Å². The van der Waals surface area contributed by atoms with E-state index < -0.39 is 0 Å². The third-order valence-corrected chi connectivity index (χ3v) is 1.07. The number of rotatable bonds is 1. The van der Waals surface area contributed by atoms with Crippen LogP contribution in [0.1, 0.15) is 6.92 Å². The molecule has 1 aliphatic heterocycles. The molecule has 0 fully saturated rings. The van der Waals surface area contributed by atoms with Crippen molar-refractivity contribution in [3.63, 3.8) is 0 Å². The van der Waals surface area contributed by atoms with Gasteiger partial charge in [0.2, 0.25) is 0 Å². The van der Waals surface area contributed by atoms with E-state index in [1.54, 1.807) is 6.92 Å². The maximum atomic E-state index is 10.5. The van der Waals surface area contributed by atoms with Crippen LogP contribution in [0.4, 0.5) is 0 Å². The van der Waals surface area contributed by atoms with Crippen LogP contribution in [-0.2, 0) is 4.79 Å². The van der Waals surface area contributed by atoms with Gasteiger partial charge >= 0.3 is 0 Å². The fourth-order valence-corrected chi connectivity index (χ4v) is 0.609. The minimum Gasteiger partial charge on any atom is -0.296 e. The Morgan fingerprint density at radius 1 is 1.75 bits per heavy atom. The number of carbonyl (C=O) groups is 1. The number of ketones is 1. The largest absolute Gasteiger partial charge is 0.296 e. The fourth-order valence-electron chi connectivity index (χ4n) is 0.609. The summed E-state index contributed by atoms with van der Waals surface area (Å²) >= 11 is 0. The van der Waals surface area contributed by atoms with Crippen molar-refractivity contribution in [3.05, 3.63) is 23.6 Å². The fraction of sp³-hybridized carbons (Fsp3) is 0.167. The van der Waals surface area contributed by atoms with E-state index in [1.165, 1.54) is 0 Å². The summed E-state index contributed by atoms with van der Waals surface area (Å²) in [7, 11) is 1.81. The van der Waals surface area contributed by atoms with Gasteiger partial charge in [0.05, 0.1) is 0 Å². The summed E-state index contributed by atoms with van der Waals surface area (Å²) < 4.78 is 0. The molecule has 0 unspecified atom stereocenters. The minimum absolute atomic E-state index is 0.134. The maximum absolute atomic E-state index is 10.5. The highest BCUT2D eigenvalue weighted by atomic mass is 16.1. The molecule has 1 heterocycles. The van der Waals surface area contributed by atoms with Gasteiger partial charge in [0.1, 0.15) is 5.78 Å². The summed E-state index contributed by atoms with van der Waals surface area (Å²) in [5, 5.41) is 0. The Labute approximate surface area is 49.3 Å². The van der Waals surface area contributed by atoms with Gasteiger partial charge in [-0.25, -0.2) is 0 Å². The number of allylic oxidation sites excluding steroid dienone is 3. The molecular weight excluding hydrogens is 98.9 g/mol. The standard InChI is InChI=1S/C6H6BO/c1-5(8)6-3-2-4-7-6/h2-4H,1H3. The smallest absolute Gasteiger partial charge is 0.186 e. The average molecular weight is 105 g/mol. The highest BCUT2D eigenvalue weighted by Gasteiger charge is 2.03. The zero-order valence-corrected chi connectivity index (χ0v) is 4.72. The summed E-state index contributed by atoms with van der Waals surface area (Å²) in [6, 6.07) is 0. The van der Waals surface area contributed by atoms with Crippen molar-refractivity contribution in [1.82, 2.24) is 0 Å². The molecule has 0 saturated carbocycles. The normalized spacial score (nSPS) is 15.4. The molecule has 0 bridgehead atoms. The molecule has 0 aromatic rings. The van der Waals surface area contributed by atoms with Crippen LogP contribution in [0.15, 0.2) is 23.6 Å². The van der Waals surface area contributed by atoms with Crippen LogP contribution in [-0.4, -0.2) is 13.1 Å². The quantitative estimate of drug-likeness (QED) is 0.448. The lowest BCUT2D eigenvalue weighted by Crippen LogP contribution is -1.99. The van der Waals surface area contributed by atoms with Crippen LogP contribution >= 0.6 is 0 Å². The molecule has 0 N–H and O–H groups in total. The second-order valence-corrected chi connectivity index (χ2v) is 1.73. The van der Waals surface area contributed by atoms with Crippen molar-refractivity contribution >= 4 is 13.1 Å². The Bertz CT molecular complexity index is 167. The van der Waals surface area contributed by atoms with Crippen molar-refractivity contribution in [2.75, 3.05) is 0 Å². The summed E-state index contributed by atoms with van der Waals surface area (Å²) in [6.45, 7) is 1.56. The van der Waals surface area contributed by atoms with Crippen LogP contribution in [0, 0.1) is 0 Å². The lowest BCUT2D eigenvalue weighted by atomic mass is 9.71. The Morgan fingerprint density at radius 3 is 2.75 bits per heavy atom. The first-order valence-electron chi connectivity index (χ1n) is 2.53. The van der Waals surface area contributed by atoms with E-state index >= 15 is 0 Å². The van der Waals surface area contributed by atoms with Crippen LogP contribution < -0.4 is 0 Å². The second-order valence-electron chi connectivity index (χ2n) is 1.73. The summed E-state index contributed by atoms with van der Waals surface area (Å²) in [5.41, 5.74) is 0.796. The van der Waals surface area contributed by atoms with E-state index in [9.17, 15) is 4.79 Å². The van der Waals surface area contributed by atoms with Gasteiger partial charge in [0.15, 0.2) is 7.28 Å². The van der Waals surface area contributed by atoms with Gasteiger partial charge in [0.25, 0.3) is 0 Å². The van der Waals surface area contributed by atoms with E-state index in [2.05, 4.69) is 0 Å². The number of hydrogen-bond acceptors (Lipinski definition) is 1. The third kappa shape index (κ3) is 0.888. The molecule has 2 heteroatoms. The molecular formula is C6H6BO. The molecule has 0 spiro atoms. The molecule has 39 valence electrons. The number of carbonyl (C=O) groups excluding carboxylic acids is 1. The van der Waals surface area contributed by atoms with E-state index in [0.717, 1.165) is 5.47 Å². The van der Waals surface area contributed by atoms with E-state index in [0.29, 0.717) is 0 Å². The van der Waals surface area contributed by atoms with Crippen LogP contribution in [0.3, 0.4) is 0 Å². The summed E-state index contributed by atoms with van der Waals surface area (Å²) in [5.74, 6) is 1.99. The molecule has 0 aromatic carbocycles. The highest BCUT2D eigenvalue weighted by Crippen LogP contribution is 2.00. The van der Waals surface area contributed by atoms with Gasteiger partial charge in [-0.2, -0.15) is 0 Å². The Hall–Kier alpha value is -0.785. The molecule has 1 nitrogen and oxygen atoms in total. The number of Topliss-reactive ketones (excluding diaryl/α,β-unsaturated/α-hetero) is 1. The van der Waals surface area contributed by atoms with Gasteiger partial charge in [-0.05, 0) is 12.4 Å². The SMILES string of the molecule is CC(=O)C1=CC=C[B]1. The van der Waals surface area contributed by atoms with Crippen molar-refractivity contribution in [3.8, 4) is 0 Å². The average Bonchev–Trinajstić information content (AvgIpc) is 2.12. The highest BCUT2D eigenvalue weighted by molar-refractivity contribution is 6.59. The predicted molar refractivity (Wildman–Crippen MR) is 33.7 cm³/mol. The van der Waals surface area contributed by atoms with Crippen LogP contribution in [0.2, 0.25) is 0 Å². The van der Waals surface area contributed by atoms with Gasteiger partial charge < -0.3 is 0 Å². The maximum Gasteiger partial charge on any atom is 0.186 e. The van der Waals surface area contributed by atoms with Crippen molar-refractivity contribution < 1.29 is 4.79 Å². The molecule has 8 heavy (non-hydrogen) atoms. The van der Waals surface area contributed by atoms with Crippen molar-refractivity contribution in [2.45, 2.75) is 6.92 Å². The molecule has 1 aliphatic rings. The molecule has 1 radical (unpaired) electrons. The molecule has 1 rings (SSSR count). The first-order chi connectivity index (χ1) is 3.80.